The molecule has 0 spiro atoms. The Morgan fingerprint density at radius 2 is 1.85 bits per heavy atom. The Hall–Kier alpha value is -3.08. The molecule has 0 aliphatic carbocycles. The lowest BCUT2D eigenvalue weighted by atomic mass is 10.0. The summed E-state index contributed by atoms with van der Waals surface area (Å²) in [5, 5.41) is 5.60. The summed E-state index contributed by atoms with van der Waals surface area (Å²) in [7, 11) is 0. The molecule has 0 saturated heterocycles. The highest BCUT2D eigenvalue weighted by Crippen LogP contribution is 2.35. The fourth-order valence-electron chi connectivity index (χ4n) is 2.74. The molecule has 0 saturated carbocycles. The molecule has 0 atom stereocenters. The molecule has 3 rings (SSSR count). The molecule has 5 nitrogen and oxygen atoms in total. The molecule has 27 heavy (non-hydrogen) atoms. The summed E-state index contributed by atoms with van der Waals surface area (Å²) >= 11 is 0. The average Bonchev–Trinajstić information content (AvgIpc) is 2.61. The van der Waals surface area contributed by atoms with E-state index < -0.39 is 5.60 Å². The largest absolute Gasteiger partial charge is 0.476 e. The van der Waals surface area contributed by atoms with Gasteiger partial charge in [0.05, 0.1) is 5.69 Å². The van der Waals surface area contributed by atoms with E-state index in [2.05, 4.69) is 36.6 Å². The van der Waals surface area contributed by atoms with Crippen LogP contribution in [0.2, 0.25) is 0 Å². The van der Waals surface area contributed by atoms with Gasteiger partial charge in [0.2, 0.25) is 5.91 Å². The Bertz CT molecular complexity index is 896. The zero-order valence-corrected chi connectivity index (χ0v) is 16.0. The van der Waals surface area contributed by atoms with E-state index in [1.807, 2.05) is 12.1 Å². The van der Waals surface area contributed by atoms with Crippen LogP contribution < -0.4 is 15.4 Å². The Kier molecular flexibility index (Phi) is 5.04. The molecule has 140 valence electrons. The van der Waals surface area contributed by atoms with Crippen molar-refractivity contribution in [3.8, 4) is 5.75 Å². The van der Waals surface area contributed by atoms with E-state index in [-0.39, 0.29) is 11.8 Å². The summed E-state index contributed by atoms with van der Waals surface area (Å²) in [6.07, 6.45) is 3.26. The van der Waals surface area contributed by atoms with E-state index in [1.165, 1.54) is 11.6 Å². The second kappa shape index (κ2) is 7.27. The number of nitrogens with one attached hydrogen (secondary N) is 2. The Morgan fingerprint density at radius 3 is 2.52 bits per heavy atom. The van der Waals surface area contributed by atoms with Crippen LogP contribution in [-0.2, 0) is 9.59 Å². The molecule has 0 fully saturated rings. The van der Waals surface area contributed by atoms with Crippen molar-refractivity contribution in [2.75, 3.05) is 10.6 Å². The molecule has 2 N–H and O–H groups in total. The van der Waals surface area contributed by atoms with E-state index in [0.29, 0.717) is 23.0 Å². The third kappa shape index (κ3) is 4.37. The maximum Gasteiger partial charge on any atom is 0.268 e. The molecule has 1 aliphatic rings. The number of hydrogen-bond donors (Lipinski definition) is 2. The van der Waals surface area contributed by atoms with Crippen LogP contribution in [0.3, 0.4) is 0 Å². The Balaban J connectivity index is 1.66. The third-order valence-corrected chi connectivity index (χ3v) is 4.44. The van der Waals surface area contributed by atoms with Gasteiger partial charge >= 0.3 is 0 Å². The van der Waals surface area contributed by atoms with E-state index >= 15 is 0 Å². The minimum atomic E-state index is -0.911. The van der Waals surface area contributed by atoms with Gasteiger partial charge in [-0.3, -0.25) is 9.59 Å². The smallest absolute Gasteiger partial charge is 0.268 e. The van der Waals surface area contributed by atoms with Gasteiger partial charge in [-0.05, 0) is 55.2 Å². The minimum absolute atomic E-state index is 0.219. The highest BCUT2D eigenvalue weighted by Gasteiger charge is 2.35. The number of benzene rings is 2. The van der Waals surface area contributed by atoms with Crippen LogP contribution in [0.1, 0.15) is 44.7 Å². The summed E-state index contributed by atoms with van der Waals surface area (Å²) in [6.45, 7) is 7.70. The van der Waals surface area contributed by atoms with Gasteiger partial charge in [0.1, 0.15) is 5.75 Å². The Labute approximate surface area is 159 Å². The van der Waals surface area contributed by atoms with Crippen LogP contribution >= 0.6 is 0 Å². The lowest BCUT2D eigenvalue weighted by Crippen LogP contribution is -2.45. The van der Waals surface area contributed by atoms with Crippen molar-refractivity contribution < 1.29 is 14.3 Å². The van der Waals surface area contributed by atoms with Crippen LogP contribution in [0.15, 0.2) is 48.5 Å². The summed E-state index contributed by atoms with van der Waals surface area (Å²) in [4.78, 5) is 24.2. The van der Waals surface area contributed by atoms with Gasteiger partial charge in [0.15, 0.2) is 5.60 Å². The van der Waals surface area contributed by atoms with Gasteiger partial charge in [-0.15, -0.1) is 0 Å². The second-order valence-corrected chi connectivity index (χ2v) is 7.42. The first kappa shape index (κ1) is 18.7. The predicted octanol–water partition coefficient (Wildman–Crippen LogP) is 4.57. The third-order valence-electron chi connectivity index (χ3n) is 4.44. The molecule has 0 bridgehead atoms. The van der Waals surface area contributed by atoms with E-state index in [9.17, 15) is 9.59 Å². The van der Waals surface area contributed by atoms with Crippen molar-refractivity contribution in [1.82, 2.24) is 0 Å². The van der Waals surface area contributed by atoms with Gasteiger partial charge < -0.3 is 15.4 Å². The van der Waals surface area contributed by atoms with Crippen LogP contribution in [0.5, 0.6) is 5.75 Å². The van der Waals surface area contributed by atoms with Gasteiger partial charge in [-0.1, -0.05) is 38.1 Å². The van der Waals surface area contributed by atoms with Gasteiger partial charge in [-0.2, -0.15) is 0 Å². The molecular weight excluding hydrogens is 340 g/mol. The lowest BCUT2D eigenvalue weighted by Gasteiger charge is -2.31. The number of carbonyl (C=O) groups excluding carboxylic acids is 2. The second-order valence-electron chi connectivity index (χ2n) is 7.42. The summed E-state index contributed by atoms with van der Waals surface area (Å²) in [6, 6.07) is 13.3. The van der Waals surface area contributed by atoms with Gasteiger partial charge in [0, 0.05) is 11.8 Å². The highest BCUT2D eigenvalue weighted by molar-refractivity contribution is 6.04. The number of amides is 2. The molecule has 0 aromatic heterocycles. The highest BCUT2D eigenvalue weighted by atomic mass is 16.5. The number of rotatable bonds is 4. The molecule has 5 heteroatoms. The van der Waals surface area contributed by atoms with Crippen molar-refractivity contribution in [2.24, 2.45) is 0 Å². The lowest BCUT2D eigenvalue weighted by molar-refractivity contribution is -0.129. The number of anilines is 2. The summed E-state index contributed by atoms with van der Waals surface area (Å²) in [5.74, 6) is 0.596. The monoisotopic (exact) mass is 364 g/mol. The van der Waals surface area contributed by atoms with Crippen molar-refractivity contribution in [3.05, 3.63) is 59.7 Å². The zero-order valence-electron chi connectivity index (χ0n) is 16.0. The number of ether oxygens (including phenoxy) is 1. The van der Waals surface area contributed by atoms with Crippen LogP contribution in [-0.4, -0.2) is 17.4 Å². The predicted molar refractivity (Wildman–Crippen MR) is 108 cm³/mol. The van der Waals surface area contributed by atoms with Gasteiger partial charge in [0.25, 0.3) is 5.91 Å². The SMILES string of the molecule is CC(C)c1ccc(/C=C/C(=O)Nc2ccc3c(c2)NC(=O)C(C)(C)O3)cc1. The first-order valence-electron chi connectivity index (χ1n) is 8.98. The molecule has 0 unspecified atom stereocenters. The number of carbonyl (C=O) groups is 2. The normalized spacial score (nSPS) is 15.2. The fraction of sp³-hybridized carbons (Fsp3) is 0.273. The summed E-state index contributed by atoms with van der Waals surface area (Å²) in [5.41, 5.74) is 2.44. The quantitative estimate of drug-likeness (QED) is 0.781. The topological polar surface area (TPSA) is 67.4 Å². The van der Waals surface area contributed by atoms with Crippen molar-refractivity contribution in [1.29, 1.82) is 0 Å². The fourth-order valence-corrected chi connectivity index (χ4v) is 2.74. The molecule has 1 aliphatic heterocycles. The van der Waals surface area contributed by atoms with Crippen LogP contribution in [0, 0.1) is 0 Å². The van der Waals surface area contributed by atoms with E-state index in [1.54, 1.807) is 38.1 Å². The van der Waals surface area contributed by atoms with E-state index in [4.69, 9.17) is 4.74 Å². The van der Waals surface area contributed by atoms with Gasteiger partial charge in [-0.25, -0.2) is 0 Å². The zero-order chi connectivity index (χ0) is 19.6. The molecular formula is C22H24N2O3. The molecule has 2 aromatic rings. The van der Waals surface area contributed by atoms with E-state index in [0.717, 1.165) is 5.56 Å². The van der Waals surface area contributed by atoms with Crippen molar-refractivity contribution in [2.45, 2.75) is 39.2 Å². The first-order chi connectivity index (χ1) is 12.7. The molecule has 2 aromatic carbocycles. The first-order valence-corrected chi connectivity index (χ1v) is 8.98. The minimum Gasteiger partial charge on any atom is -0.476 e. The Morgan fingerprint density at radius 1 is 1.15 bits per heavy atom. The van der Waals surface area contributed by atoms with Crippen molar-refractivity contribution in [3.63, 3.8) is 0 Å². The van der Waals surface area contributed by atoms with Crippen LogP contribution in [0.25, 0.3) is 6.08 Å². The maximum absolute atomic E-state index is 12.2. The molecule has 1 heterocycles. The van der Waals surface area contributed by atoms with Crippen molar-refractivity contribution >= 4 is 29.3 Å². The number of fused-ring (bicyclic) bond motifs is 1. The maximum atomic E-state index is 12.2. The molecule has 2 amide bonds. The summed E-state index contributed by atoms with van der Waals surface area (Å²) < 4.78 is 5.68. The van der Waals surface area contributed by atoms with Crippen LogP contribution in [0.4, 0.5) is 11.4 Å². The number of hydrogen-bond acceptors (Lipinski definition) is 3. The average molecular weight is 364 g/mol. The molecule has 0 radical (unpaired) electrons. The standard InChI is InChI=1S/C22H24N2O3/c1-14(2)16-8-5-15(6-9-16)7-12-20(25)23-17-10-11-19-18(13-17)24-21(26)22(3,4)27-19/h5-14H,1-4H3,(H,23,25)(H,24,26)/b12-7+.